The molecule has 3 rings (SSSR count). The normalized spacial score (nSPS) is 17.4. The summed E-state index contributed by atoms with van der Waals surface area (Å²) in [5.41, 5.74) is 3.71. The monoisotopic (exact) mass is 394 g/mol. The van der Waals surface area contributed by atoms with Crippen molar-refractivity contribution >= 4 is 34.6 Å². The van der Waals surface area contributed by atoms with Crippen LogP contribution in [0.5, 0.6) is 0 Å². The van der Waals surface area contributed by atoms with Gasteiger partial charge < -0.3 is 20.4 Å². The molecule has 1 saturated carbocycles. The zero-order valence-corrected chi connectivity index (χ0v) is 17.6. The minimum absolute atomic E-state index is 0.0938. The second-order valence-corrected chi connectivity index (χ2v) is 7.59. The highest BCUT2D eigenvalue weighted by atomic mass is 16.2. The van der Waals surface area contributed by atoms with E-state index in [-0.39, 0.29) is 23.7 Å². The second kappa shape index (κ2) is 8.99. The molecule has 0 heterocycles. The van der Waals surface area contributed by atoms with E-state index < -0.39 is 0 Å². The third-order valence-electron chi connectivity index (χ3n) is 5.38. The summed E-state index contributed by atoms with van der Waals surface area (Å²) in [6.45, 7) is 6.13. The molecule has 0 spiro atoms. The fraction of sp³-hybridized carbons (Fsp3) is 0.391. The molecular formula is C23H30N4O2. The molecule has 2 amide bonds. The first-order valence-electron chi connectivity index (χ1n) is 10.2. The quantitative estimate of drug-likeness (QED) is 0.715. The summed E-state index contributed by atoms with van der Waals surface area (Å²) >= 11 is 0. The highest BCUT2D eigenvalue weighted by Gasteiger charge is 2.48. The van der Waals surface area contributed by atoms with Crippen molar-refractivity contribution < 1.29 is 9.59 Å². The molecule has 0 saturated heterocycles. The van der Waals surface area contributed by atoms with Crippen LogP contribution >= 0.6 is 0 Å². The maximum atomic E-state index is 12.5. The summed E-state index contributed by atoms with van der Waals surface area (Å²) in [5, 5.41) is 5.84. The number of nitrogens with one attached hydrogen (secondary N) is 2. The van der Waals surface area contributed by atoms with Gasteiger partial charge in [-0.3, -0.25) is 9.59 Å². The molecule has 154 valence electrons. The van der Waals surface area contributed by atoms with Gasteiger partial charge in [0.2, 0.25) is 11.8 Å². The second-order valence-electron chi connectivity index (χ2n) is 7.59. The molecule has 6 nitrogen and oxygen atoms in total. The van der Waals surface area contributed by atoms with Crippen molar-refractivity contribution in [1.82, 2.24) is 0 Å². The van der Waals surface area contributed by atoms with Gasteiger partial charge in [-0.1, -0.05) is 0 Å². The number of anilines is 4. The Kier molecular flexibility index (Phi) is 6.42. The van der Waals surface area contributed by atoms with Gasteiger partial charge in [0.1, 0.15) is 0 Å². The molecule has 29 heavy (non-hydrogen) atoms. The van der Waals surface area contributed by atoms with Crippen molar-refractivity contribution in [3.05, 3.63) is 48.5 Å². The third kappa shape index (κ3) is 5.08. The van der Waals surface area contributed by atoms with Gasteiger partial charge in [0, 0.05) is 49.9 Å². The number of hydrogen-bond acceptors (Lipinski definition) is 4. The molecule has 2 aromatic rings. The molecule has 6 heteroatoms. The first-order valence-corrected chi connectivity index (χ1v) is 10.2. The summed E-state index contributed by atoms with van der Waals surface area (Å²) in [7, 11) is 3.94. The summed E-state index contributed by atoms with van der Waals surface area (Å²) < 4.78 is 0. The number of rotatable bonds is 8. The van der Waals surface area contributed by atoms with Gasteiger partial charge >= 0.3 is 0 Å². The Morgan fingerprint density at radius 2 is 1.21 bits per heavy atom. The summed E-state index contributed by atoms with van der Waals surface area (Å²) in [6.07, 6.45) is 0.588. The molecule has 1 fully saturated rings. The third-order valence-corrected chi connectivity index (χ3v) is 5.38. The van der Waals surface area contributed by atoms with Crippen LogP contribution in [0.25, 0.3) is 0 Å². The minimum atomic E-state index is -0.265. The topological polar surface area (TPSA) is 64.7 Å². The molecule has 1 aliphatic rings. The Labute approximate surface area is 172 Å². The number of carbonyl (C=O) groups is 2. The maximum absolute atomic E-state index is 12.5. The first kappa shape index (κ1) is 20.7. The highest BCUT2D eigenvalue weighted by molar-refractivity contribution is 6.03. The Hall–Kier alpha value is -3.02. The fourth-order valence-electron chi connectivity index (χ4n) is 3.43. The standard InChI is InChI=1S/C23H30N4O2/c1-5-27(6-2)19-13-9-17(10-14-19)25-23(29)21-15-20(21)22(28)24-16-7-11-18(12-8-16)26(3)4/h7-14,20-21H,5-6,15H2,1-4H3,(H,24,28)(H,25,29). The molecule has 0 aliphatic heterocycles. The summed E-state index contributed by atoms with van der Waals surface area (Å²) in [4.78, 5) is 29.2. The van der Waals surface area contributed by atoms with Crippen LogP contribution in [0, 0.1) is 11.8 Å². The predicted octanol–water partition coefficient (Wildman–Crippen LogP) is 3.81. The van der Waals surface area contributed by atoms with Crippen LogP contribution in [0.15, 0.2) is 48.5 Å². The zero-order valence-electron chi connectivity index (χ0n) is 17.6. The lowest BCUT2D eigenvalue weighted by Crippen LogP contribution is -2.22. The van der Waals surface area contributed by atoms with Gasteiger partial charge in [0.05, 0.1) is 11.8 Å². The Bertz CT molecular complexity index is 842. The Morgan fingerprint density at radius 1 is 0.793 bits per heavy atom. The van der Waals surface area contributed by atoms with E-state index in [2.05, 4.69) is 29.4 Å². The minimum Gasteiger partial charge on any atom is -0.378 e. The van der Waals surface area contributed by atoms with Crippen LogP contribution < -0.4 is 20.4 Å². The van der Waals surface area contributed by atoms with E-state index in [1.165, 1.54) is 0 Å². The smallest absolute Gasteiger partial charge is 0.228 e. The maximum Gasteiger partial charge on any atom is 0.228 e. The van der Waals surface area contributed by atoms with Gasteiger partial charge in [-0.15, -0.1) is 0 Å². The van der Waals surface area contributed by atoms with Crippen LogP contribution in [0.2, 0.25) is 0 Å². The van der Waals surface area contributed by atoms with E-state index in [1.54, 1.807) is 0 Å². The molecule has 1 aliphatic carbocycles. The lowest BCUT2D eigenvalue weighted by molar-refractivity contribution is -0.122. The Morgan fingerprint density at radius 3 is 1.59 bits per heavy atom. The summed E-state index contributed by atoms with van der Waals surface area (Å²) in [5.74, 6) is -0.722. The van der Waals surface area contributed by atoms with Crippen molar-refractivity contribution in [2.45, 2.75) is 20.3 Å². The van der Waals surface area contributed by atoms with Gasteiger partial charge in [0.15, 0.2) is 0 Å². The average Bonchev–Trinajstić information content (AvgIpc) is 3.52. The van der Waals surface area contributed by atoms with Crippen LogP contribution in [-0.2, 0) is 9.59 Å². The highest BCUT2D eigenvalue weighted by Crippen LogP contribution is 2.40. The van der Waals surface area contributed by atoms with E-state index >= 15 is 0 Å². The van der Waals surface area contributed by atoms with Crippen LogP contribution in [-0.4, -0.2) is 39.0 Å². The zero-order chi connectivity index (χ0) is 21.0. The average molecular weight is 395 g/mol. The number of hydrogen-bond donors (Lipinski definition) is 2. The molecule has 0 aromatic heterocycles. The van der Waals surface area contributed by atoms with E-state index in [0.29, 0.717) is 6.42 Å². The van der Waals surface area contributed by atoms with Gasteiger partial charge in [-0.2, -0.15) is 0 Å². The predicted molar refractivity (Wildman–Crippen MR) is 120 cm³/mol. The molecule has 0 radical (unpaired) electrons. The van der Waals surface area contributed by atoms with Gasteiger partial charge in [0.25, 0.3) is 0 Å². The van der Waals surface area contributed by atoms with Gasteiger partial charge in [-0.25, -0.2) is 0 Å². The summed E-state index contributed by atoms with van der Waals surface area (Å²) in [6, 6.07) is 15.5. The molecule has 2 aromatic carbocycles. The van der Waals surface area contributed by atoms with Crippen molar-refractivity contribution in [3.8, 4) is 0 Å². The number of nitrogens with zero attached hydrogens (tertiary/aromatic N) is 2. The van der Waals surface area contributed by atoms with Crippen LogP contribution in [0.3, 0.4) is 0 Å². The Balaban J connectivity index is 1.51. The van der Waals surface area contributed by atoms with E-state index in [1.807, 2.05) is 67.5 Å². The van der Waals surface area contributed by atoms with Crippen molar-refractivity contribution in [2.75, 3.05) is 47.6 Å². The first-order chi connectivity index (χ1) is 13.9. The number of benzene rings is 2. The van der Waals surface area contributed by atoms with Crippen LogP contribution in [0.4, 0.5) is 22.7 Å². The molecule has 2 N–H and O–H groups in total. The van der Waals surface area contributed by atoms with E-state index in [0.717, 1.165) is 35.8 Å². The molecule has 0 bridgehead atoms. The fourth-order valence-corrected chi connectivity index (χ4v) is 3.43. The molecule has 2 atom stereocenters. The SMILES string of the molecule is CCN(CC)c1ccc(NC(=O)C2CC2C(=O)Nc2ccc(N(C)C)cc2)cc1. The number of amides is 2. The lowest BCUT2D eigenvalue weighted by atomic mass is 10.2. The largest absolute Gasteiger partial charge is 0.378 e. The van der Waals surface area contributed by atoms with Crippen molar-refractivity contribution in [1.29, 1.82) is 0 Å². The molecule has 2 unspecified atom stereocenters. The van der Waals surface area contributed by atoms with E-state index in [9.17, 15) is 9.59 Å². The van der Waals surface area contributed by atoms with Crippen LogP contribution in [0.1, 0.15) is 20.3 Å². The van der Waals surface area contributed by atoms with Crippen molar-refractivity contribution in [3.63, 3.8) is 0 Å². The number of carbonyl (C=O) groups excluding carboxylic acids is 2. The molecular weight excluding hydrogens is 364 g/mol. The van der Waals surface area contributed by atoms with E-state index in [4.69, 9.17) is 0 Å². The van der Waals surface area contributed by atoms with Crippen molar-refractivity contribution in [2.24, 2.45) is 11.8 Å². The lowest BCUT2D eigenvalue weighted by Gasteiger charge is -2.21. The van der Waals surface area contributed by atoms with Gasteiger partial charge in [-0.05, 0) is 68.8 Å².